The molecule has 0 spiro atoms. The van der Waals surface area contributed by atoms with Crippen molar-refractivity contribution in [2.24, 2.45) is 5.92 Å². The zero-order valence-electron chi connectivity index (χ0n) is 14.0. The molecule has 2 fully saturated rings. The molecule has 2 aliphatic heterocycles. The zero-order chi connectivity index (χ0) is 17.1. The summed E-state index contributed by atoms with van der Waals surface area (Å²) in [6, 6.07) is 7.72. The molecule has 3 rings (SSSR count). The van der Waals surface area contributed by atoms with Gasteiger partial charge in [0.15, 0.2) is 0 Å². The molecule has 0 aromatic heterocycles. The number of halogens is 1. The summed E-state index contributed by atoms with van der Waals surface area (Å²) >= 11 is 6.36. The van der Waals surface area contributed by atoms with Crippen LogP contribution in [0.5, 0.6) is 0 Å². The van der Waals surface area contributed by atoms with E-state index in [1.54, 1.807) is 6.92 Å². The third-order valence-corrected chi connectivity index (χ3v) is 5.42. The summed E-state index contributed by atoms with van der Waals surface area (Å²) in [5, 5.41) is 4.07. The molecule has 1 aromatic rings. The quantitative estimate of drug-likeness (QED) is 0.889. The van der Waals surface area contributed by atoms with Gasteiger partial charge in [-0.15, -0.1) is 0 Å². The number of hydrogen-bond donors (Lipinski definition) is 1. The molecule has 1 aromatic carbocycles. The van der Waals surface area contributed by atoms with Crippen molar-refractivity contribution in [2.45, 2.75) is 25.8 Å². The van der Waals surface area contributed by atoms with Crippen molar-refractivity contribution in [1.29, 1.82) is 0 Å². The lowest BCUT2D eigenvalue weighted by molar-refractivity contribution is -0.142. The molecule has 5 nitrogen and oxygen atoms in total. The minimum absolute atomic E-state index is 0.00341. The molecule has 0 bridgehead atoms. The third kappa shape index (κ3) is 3.57. The van der Waals surface area contributed by atoms with Crippen LogP contribution in [0.3, 0.4) is 0 Å². The fourth-order valence-electron chi connectivity index (χ4n) is 3.67. The number of nitrogens with one attached hydrogen (secondary N) is 1. The average Bonchev–Trinajstić information content (AvgIpc) is 2.62. The van der Waals surface area contributed by atoms with Crippen molar-refractivity contribution in [3.63, 3.8) is 0 Å². The fourth-order valence-corrected chi connectivity index (χ4v) is 3.93. The Balaban J connectivity index is 1.73. The first-order chi connectivity index (χ1) is 11.6. The Hall–Kier alpha value is -1.59. The maximum atomic E-state index is 13.1. The van der Waals surface area contributed by atoms with Gasteiger partial charge in [-0.05, 0) is 24.5 Å². The van der Waals surface area contributed by atoms with E-state index in [0.29, 0.717) is 24.7 Å². The summed E-state index contributed by atoms with van der Waals surface area (Å²) in [6.07, 6.45) is 1.50. The monoisotopic (exact) mass is 349 g/mol. The third-order valence-electron chi connectivity index (χ3n) is 5.08. The number of piperazine rings is 1. The topological polar surface area (TPSA) is 52.7 Å². The molecule has 1 atom stereocenters. The molecule has 2 amide bonds. The van der Waals surface area contributed by atoms with Gasteiger partial charge in [-0.25, -0.2) is 0 Å². The predicted molar refractivity (Wildman–Crippen MR) is 93.8 cm³/mol. The number of piperidine rings is 1. The Bertz CT molecular complexity index is 614. The molecular formula is C18H24ClN3O2. The molecule has 2 aliphatic rings. The summed E-state index contributed by atoms with van der Waals surface area (Å²) in [4.78, 5) is 28.3. The van der Waals surface area contributed by atoms with E-state index in [9.17, 15) is 9.59 Å². The number of hydrogen-bond acceptors (Lipinski definition) is 3. The SMILES string of the molecule is CC(=O)N1CCC(C(=O)N2CCNCC2c2ccccc2Cl)CC1. The predicted octanol–water partition coefficient (Wildman–Crippen LogP) is 2.07. The number of likely N-dealkylation sites (tertiary alicyclic amines) is 1. The first-order valence-electron chi connectivity index (χ1n) is 8.59. The van der Waals surface area contributed by atoms with E-state index < -0.39 is 0 Å². The van der Waals surface area contributed by atoms with Crippen LogP contribution in [0.2, 0.25) is 5.02 Å². The first kappa shape index (κ1) is 17.2. The minimum atomic E-state index is -0.0224. The van der Waals surface area contributed by atoms with Gasteiger partial charge in [-0.2, -0.15) is 0 Å². The van der Waals surface area contributed by atoms with Crippen molar-refractivity contribution in [1.82, 2.24) is 15.1 Å². The minimum Gasteiger partial charge on any atom is -0.343 e. The lowest BCUT2D eigenvalue weighted by Gasteiger charge is -2.40. The summed E-state index contributed by atoms with van der Waals surface area (Å²) in [6.45, 7) is 5.16. The van der Waals surface area contributed by atoms with Gasteiger partial charge in [0.1, 0.15) is 0 Å². The molecule has 0 aliphatic carbocycles. The molecule has 24 heavy (non-hydrogen) atoms. The van der Waals surface area contributed by atoms with Crippen LogP contribution >= 0.6 is 11.6 Å². The van der Waals surface area contributed by atoms with Crippen LogP contribution in [0.1, 0.15) is 31.4 Å². The average molecular weight is 350 g/mol. The van der Waals surface area contributed by atoms with E-state index in [2.05, 4.69) is 5.32 Å². The highest BCUT2D eigenvalue weighted by atomic mass is 35.5. The largest absolute Gasteiger partial charge is 0.343 e. The van der Waals surface area contributed by atoms with E-state index in [1.807, 2.05) is 34.1 Å². The Labute approximate surface area is 147 Å². The Kier molecular flexibility index (Phi) is 5.41. The van der Waals surface area contributed by atoms with Crippen LogP contribution in [0.15, 0.2) is 24.3 Å². The van der Waals surface area contributed by atoms with Crippen molar-refractivity contribution >= 4 is 23.4 Å². The van der Waals surface area contributed by atoms with Gasteiger partial charge in [0.25, 0.3) is 0 Å². The maximum absolute atomic E-state index is 13.1. The molecule has 0 radical (unpaired) electrons. The Morgan fingerprint density at radius 3 is 2.54 bits per heavy atom. The van der Waals surface area contributed by atoms with Crippen LogP contribution in [0.4, 0.5) is 0 Å². The van der Waals surface area contributed by atoms with Crippen LogP contribution in [0, 0.1) is 5.92 Å². The first-order valence-corrected chi connectivity index (χ1v) is 8.97. The van der Waals surface area contributed by atoms with Crippen LogP contribution in [-0.2, 0) is 9.59 Å². The van der Waals surface area contributed by atoms with Gasteiger partial charge >= 0.3 is 0 Å². The number of rotatable bonds is 2. The molecule has 130 valence electrons. The normalized spacial score (nSPS) is 22.5. The Morgan fingerprint density at radius 1 is 1.17 bits per heavy atom. The number of amides is 2. The zero-order valence-corrected chi connectivity index (χ0v) is 14.8. The van der Waals surface area contributed by atoms with Gasteiger partial charge in [-0.3, -0.25) is 9.59 Å². The lowest BCUT2D eigenvalue weighted by Crippen LogP contribution is -2.52. The van der Waals surface area contributed by atoms with Gasteiger partial charge in [0.05, 0.1) is 6.04 Å². The highest BCUT2D eigenvalue weighted by Crippen LogP contribution is 2.31. The fraction of sp³-hybridized carbons (Fsp3) is 0.556. The standard InChI is InChI=1S/C18H24ClN3O2/c1-13(23)21-9-6-14(7-10-21)18(24)22-11-8-20-12-17(22)15-4-2-3-5-16(15)19/h2-5,14,17,20H,6-12H2,1H3. The summed E-state index contributed by atoms with van der Waals surface area (Å²) in [7, 11) is 0. The summed E-state index contributed by atoms with van der Waals surface area (Å²) in [5.74, 6) is 0.297. The maximum Gasteiger partial charge on any atom is 0.226 e. The number of benzene rings is 1. The van der Waals surface area contributed by atoms with Gasteiger partial charge in [-0.1, -0.05) is 29.8 Å². The summed E-state index contributed by atoms with van der Waals surface area (Å²) < 4.78 is 0. The lowest BCUT2D eigenvalue weighted by atomic mass is 9.93. The van der Waals surface area contributed by atoms with Crippen LogP contribution < -0.4 is 5.32 Å². The smallest absolute Gasteiger partial charge is 0.226 e. The van der Waals surface area contributed by atoms with Crippen molar-refractivity contribution in [2.75, 3.05) is 32.7 Å². The van der Waals surface area contributed by atoms with Crippen molar-refractivity contribution < 1.29 is 9.59 Å². The molecule has 2 heterocycles. The summed E-state index contributed by atoms with van der Waals surface area (Å²) in [5.41, 5.74) is 1.00. The van der Waals surface area contributed by atoms with E-state index in [4.69, 9.17) is 11.6 Å². The molecule has 1 unspecified atom stereocenters. The number of nitrogens with zero attached hydrogens (tertiary/aromatic N) is 2. The van der Waals surface area contributed by atoms with E-state index in [-0.39, 0.29) is 23.8 Å². The molecule has 1 N–H and O–H groups in total. The van der Waals surface area contributed by atoms with E-state index in [1.165, 1.54) is 0 Å². The van der Waals surface area contributed by atoms with Crippen molar-refractivity contribution in [3.05, 3.63) is 34.9 Å². The molecule has 2 saturated heterocycles. The number of carbonyl (C=O) groups is 2. The molecule has 6 heteroatoms. The molecular weight excluding hydrogens is 326 g/mol. The highest BCUT2D eigenvalue weighted by molar-refractivity contribution is 6.31. The van der Waals surface area contributed by atoms with Crippen LogP contribution in [-0.4, -0.2) is 54.3 Å². The van der Waals surface area contributed by atoms with Gasteiger partial charge in [0, 0.05) is 50.6 Å². The highest BCUT2D eigenvalue weighted by Gasteiger charge is 2.35. The van der Waals surface area contributed by atoms with Crippen LogP contribution in [0.25, 0.3) is 0 Å². The molecule has 0 saturated carbocycles. The second-order valence-corrected chi connectivity index (χ2v) is 6.96. The van der Waals surface area contributed by atoms with Gasteiger partial charge in [0.2, 0.25) is 11.8 Å². The van der Waals surface area contributed by atoms with E-state index >= 15 is 0 Å². The second-order valence-electron chi connectivity index (χ2n) is 6.55. The van der Waals surface area contributed by atoms with E-state index in [0.717, 1.165) is 31.5 Å². The van der Waals surface area contributed by atoms with Gasteiger partial charge < -0.3 is 15.1 Å². The second kappa shape index (κ2) is 7.53. The number of carbonyl (C=O) groups excluding carboxylic acids is 2. The van der Waals surface area contributed by atoms with Crippen molar-refractivity contribution in [3.8, 4) is 0 Å². The Morgan fingerprint density at radius 2 is 1.88 bits per heavy atom.